The maximum absolute atomic E-state index is 5.66. The zero-order valence-electron chi connectivity index (χ0n) is 10.6. The maximum Gasteiger partial charge on any atom is 0.119 e. The summed E-state index contributed by atoms with van der Waals surface area (Å²) in [5, 5.41) is 0. The van der Waals surface area contributed by atoms with Gasteiger partial charge in [0.25, 0.3) is 0 Å². The van der Waals surface area contributed by atoms with E-state index in [9.17, 15) is 0 Å². The number of halogens is 1. The molecule has 19 heavy (non-hydrogen) atoms. The normalized spacial score (nSPS) is 11.3. The third kappa shape index (κ3) is 5.42. The van der Waals surface area contributed by atoms with Crippen molar-refractivity contribution in [1.29, 1.82) is 0 Å². The van der Waals surface area contributed by atoms with E-state index in [1.165, 1.54) is 3.58 Å². The fourth-order valence-corrected chi connectivity index (χ4v) is 2.40. The van der Waals surface area contributed by atoms with Gasteiger partial charge in [0.1, 0.15) is 5.75 Å². The number of nitrogens with zero attached hydrogens (tertiary/aromatic N) is 1. The molecule has 0 N–H and O–H groups in total. The van der Waals surface area contributed by atoms with Crippen molar-refractivity contribution in [3.63, 3.8) is 0 Å². The van der Waals surface area contributed by atoms with Gasteiger partial charge in [-0.2, -0.15) is 0 Å². The average molecular weight is 365 g/mol. The van der Waals surface area contributed by atoms with Gasteiger partial charge >= 0.3 is 0 Å². The third-order valence-electron chi connectivity index (χ3n) is 2.58. The van der Waals surface area contributed by atoms with Crippen LogP contribution in [-0.2, 0) is 0 Å². The lowest BCUT2D eigenvalue weighted by atomic mass is 10.2. The van der Waals surface area contributed by atoms with E-state index < -0.39 is 0 Å². The molecule has 0 saturated carbocycles. The predicted octanol–water partition coefficient (Wildman–Crippen LogP) is 4.72. The van der Waals surface area contributed by atoms with Crippen molar-refractivity contribution in [2.75, 3.05) is 6.61 Å². The number of ether oxygens (including phenoxy) is 1. The summed E-state index contributed by atoms with van der Waals surface area (Å²) in [4.78, 5) is 4.10. The van der Waals surface area contributed by atoms with Crippen LogP contribution in [0.1, 0.15) is 18.4 Å². The Labute approximate surface area is 127 Å². The summed E-state index contributed by atoms with van der Waals surface area (Å²) in [5.41, 5.74) is 1.15. The van der Waals surface area contributed by atoms with E-state index in [4.69, 9.17) is 4.74 Å². The van der Waals surface area contributed by atoms with Gasteiger partial charge in [-0.25, -0.2) is 0 Å². The van der Waals surface area contributed by atoms with Gasteiger partial charge < -0.3 is 4.74 Å². The molecule has 2 nitrogen and oxygen atoms in total. The molecule has 0 aliphatic carbocycles. The predicted molar refractivity (Wildman–Crippen MR) is 87.4 cm³/mol. The molecule has 0 radical (unpaired) electrons. The van der Waals surface area contributed by atoms with E-state index in [0.29, 0.717) is 0 Å². The Kier molecular flexibility index (Phi) is 5.88. The second-order valence-corrected chi connectivity index (χ2v) is 5.53. The number of para-hydroxylation sites is 1. The Balaban J connectivity index is 1.72. The molecular formula is C16H16INO. The van der Waals surface area contributed by atoms with Gasteiger partial charge in [-0.1, -0.05) is 24.3 Å². The Hall–Kier alpha value is -1.36. The second-order valence-electron chi connectivity index (χ2n) is 4.14. The first kappa shape index (κ1) is 14.1. The molecule has 2 aromatic rings. The molecule has 0 aliphatic heterocycles. The lowest BCUT2D eigenvalue weighted by Crippen LogP contribution is -1.96. The van der Waals surface area contributed by atoms with Gasteiger partial charge in [0.15, 0.2) is 0 Å². The highest BCUT2D eigenvalue weighted by atomic mass is 127. The summed E-state index contributed by atoms with van der Waals surface area (Å²) in [5.74, 6) is 0.939. The smallest absolute Gasteiger partial charge is 0.119 e. The fraction of sp³-hybridized carbons (Fsp3) is 0.188. The third-order valence-corrected chi connectivity index (χ3v) is 3.43. The zero-order valence-corrected chi connectivity index (χ0v) is 12.8. The molecule has 1 aromatic carbocycles. The molecular weight excluding hydrogens is 349 g/mol. The molecule has 0 fully saturated rings. The van der Waals surface area contributed by atoms with Gasteiger partial charge in [-0.15, -0.1) is 0 Å². The van der Waals surface area contributed by atoms with Gasteiger partial charge in [0, 0.05) is 12.4 Å². The first-order valence-corrected chi connectivity index (χ1v) is 7.36. The SMILES string of the molecule is I/C(=C/c1cccnc1)CCCOc1ccccc1. The molecule has 0 atom stereocenters. The van der Waals surface area contributed by atoms with Gasteiger partial charge in [0.2, 0.25) is 0 Å². The minimum atomic E-state index is 0.747. The molecule has 0 bridgehead atoms. The standard InChI is InChI=1S/C16H16INO/c17-15(12-14-6-4-10-18-13-14)7-5-11-19-16-8-2-1-3-9-16/h1-4,6,8-10,12-13H,5,7,11H2/b15-12+. The molecule has 0 amide bonds. The molecule has 0 spiro atoms. The Morgan fingerprint density at radius 3 is 2.74 bits per heavy atom. The first-order valence-electron chi connectivity index (χ1n) is 6.28. The number of rotatable bonds is 6. The summed E-state index contributed by atoms with van der Waals surface area (Å²) < 4.78 is 6.99. The molecule has 0 aliphatic rings. The van der Waals surface area contributed by atoms with Gasteiger partial charge in [0.05, 0.1) is 6.61 Å². The maximum atomic E-state index is 5.66. The number of hydrogen-bond donors (Lipinski definition) is 0. The van der Waals surface area contributed by atoms with Crippen LogP contribution in [0.5, 0.6) is 5.75 Å². The highest BCUT2D eigenvalue weighted by Gasteiger charge is 1.96. The molecule has 98 valence electrons. The zero-order chi connectivity index (χ0) is 13.3. The van der Waals surface area contributed by atoms with E-state index in [2.05, 4.69) is 39.7 Å². The van der Waals surface area contributed by atoms with Crippen LogP contribution in [0.25, 0.3) is 6.08 Å². The van der Waals surface area contributed by atoms with Crippen molar-refractivity contribution in [2.24, 2.45) is 0 Å². The van der Waals surface area contributed by atoms with E-state index in [1.54, 1.807) is 6.20 Å². The van der Waals surface area contributed by atoms with Crippen molar-refractivity contribution >= 4 is 28.7 Å². The summed E-state index contributed by atoms with van der Waals surface area (Å²) >= 11 is 2.38. The quantitative estimate of drug-likeness (QED) is 0.546. The monoisotopic (exact) mass is 365 g/mol. The van der Waals surface area contributed by atoms with Crippen LogP contribution in [-0.4, -0.2) is 11.6 Å². The summed E-state index contributed by atoms with van der Waals surface area (Å²) in [7, 11) is 0. The number of pyridine rings is 1. The van der Waals surface area contributed by atoms with Crippen LogP contribution in [0.15, 0.2) is 58.4 Å². The van der Waals surface area contributed by atoms with Crippen LogP contribution < -0.4 is 4.74 Å². The first-order chi connectivity index (χ1) is 9.34. The fourth-order valence-electron chi connectivity index (χ4n) is 1.66. The molecule has 1 heterocycles. The topological polar surface area (TPSA) is 22.1 Å². The van der Waals surface area contributed by atoms with Crippen molar-refractivity contribution in [3.05, 3.63) is 64.0 Å². The number of aromatic nitrogens is 1. The van der Waals surface area contributed by atoms with Crippen molar-refractivity contribution in [1.82, 2.24) is 4.98 Å². The summed E-state index contributed by atoms with van der Waals surface area (Å²) in [6, 6.07) is 13.9. The molecule has 0 unspecified atom stereocenters. The van der Waals surface area contributed by atoms with Crippen molar-refractivity contribution in [2.45, 2.75) is 12.8 Å². The molecule has 0 saturated heterocycles. The summed E-state index contributed by atoms with van der Waals surface area (Å²) in [6.07, 6.45) is 7.87. The molecule has 3 heteroatoms. The highest BCUT2D eigenvalue weighted by molar-refractivity contribution is 14.1. The van der Waals surface area contributed by atoms with E-state index in [1.807, 2.05) is 42.6 Å². The number of hydrogen-bond acceptors (Lipinski definition) is 2. The van der Waals surface area contributed by atoms with Gasteiger partial charge in [-0.05, 0) is 68.9 Å². The van der Waals surface area contributed by atoms with Crippen LogP contribution in [0, 0.1) is 0 Å². The van der Waals surface area contributed by atoms with Crippen LogP contribution in [0.4, 0.5) is 0 Å². The lowest BCUT2D eigenvalue weighted by Gasteiger charge is -2.05. The van der Waals surface area contributed by atoms with E-state index in [-0.39, 0.29) is 0 Å². The number of allylic oxidation sites excluding steroid dienone is 1. The van der Waals surface area contributed by atoms with E-state index in [0.717, 1.165) is 30.8 Å². The van der Waals surface area contributed by atoms with Crippen LogP contribution >= 0.6 is 22.6 Å². The van der Waals surface area contributed by atoms with Crippen LogP contribution in [0.3, 0.4) is 0 Å². The Morgan fingerprint density at radius 2 is 2.00 bits per heavy atom. The van der Waals surface area contributed by atoms with Crippen molar-refractivity contribution in [3.8, 4) is 5.75 Å². The minimum absolute atomic E-state index is 0.747. The average Bonchev–Trinajstić information content (AvgIpc) is 2.46. The highest BCUT2D eigenvalue weighted by Crippen LogP contribution is 2.18. The van der Waals surface area contributed by atoms with Crippen LogP contribution in [0.2, 0.25) is 0 Å². The van der Waals surface area contributed by atoms with Crippen molar-refractivity contribution < 1.29 is 4.74 Å². The van der Waals surface area contributed by atoms with Gasteiger partial charge in [-0.3, -0.25) is 4.98 Å². The largest absolute Gasteiger partial charge is 0.494 e. The Bertz CT molecular complexity index is 511. The minimum Gasteiger partial charge on any atom is -0.494 e. The molecule has 1 aromatic heterocycles. The second kappa shape index (κ2) is 7.94. The summed E-state index contributed by atoms with van der Waals surface area (Å²) in [6.45, 7) is 0.747. The van der Waals surface area contributed by atoms with E-state index >= 15 is 0 Å². The number of benzene rings is 1. The lowest BCUT2D eigenvalue weighted by molar-refractivity contribution is 0.312. The Morgan fingerprint density at radius 1 is 1.16 bits per heavy atom. The molecule has 2 rings (SSSR count).